The van der Waals surface area contributed by atoms with Gasteiger partial charge in [0.25, 0.3) is 0 Å². The van der Waals surface area contributed by atoms with Crippen molar-refractivity contribution in [3.8, 4) is 0 Å². The average Bonchev–Trinajstić information content (AvgIpc) is 2.46. The van der Waals surface area contributed by atoms with E-state index < -0.39 is 21.8 Å². The van der Waals surface area contributed by atoms with Gasteiger partial charge < -0.3 is 5.32 Å². The Morgan fingerprint density at radius 3 is 2.33 bits per heavy atom. The van der Waals surface area contributed by atoms with Crippen LogP contribution in [0.3, 0.4) is 0 Å². The number of nitrogens with zero attached hydrogens (tertiary/aromatic N) is 1. The third kappa shape index (κ3) is 4.46. The van der Waals surface area contributed by atoms with Crippen molar-refractivity contribution in [2.45, 2.75) is 24.5 Å². The molecule has 0 unspecified atom stereocenters. The summed E-state index contributed by atoms with van der Waals surface area (Å²) in [6.45, 7) is 1.72. The molecule has 10 heteroatoms. The molecular formula is C14H13BrF3N3O2S. The van der Waals surface area contributed by atoms with E-state index in [1.807, 2.05) is 0 Å². The second kappa shape index (κ2) is 6.69. The normalized spacial score (nSPS) is 12.2. The molecule has 0 aliphatic heterocycles. The summed E-state index contributed by atoms with van der Waals surface area (Å²) in [5.74, 6) is 0.361. The third-order valence-electron chi connectivity index (χ3n) is 3.17. The molecule has 130 valence electrons. The van der Waals surface area contributed by atoms with Crippen molar-refractivity contribution in [2.75, 3.05) is 5.32 Å². The van der Waals surface area contributed by atoms with Gasteiger partial charge in [0, 0.05) is 6.54 Å². The largest absolute Gasteiger partial charge is 0.416 e. The number of hydrogen-bond donors (Lipinski definition) is 2. The number of rotatable bonds is 4. The van der Waals surface area contributed by atoms with Gasteiger partial charge in [-0.15, -0.1) is 0 Å². The van der Waals surface area contributed by atoms with Crippen molar-refractivity contribution in [2.24, 2.45) is 5.14 Å². The van der Waals surface area contributed by atoms with Crippen molar-refractivity contribution in [3.05, 3.63) is 51.6 Å². The molecule has 5 nitrogen and oxygen atoms in total. The number of halogens is 4. The third-order valence-corrected chi connectivity index (χ3v) is 4.80. The Morgan fingerprint density at radius 1 is 1.25 bits per heavy atom. The lowest BCUT2D eigenvalue weighted by atomic mass is 10.1. The zero-order chi connectivity index (χ0) is 18.1. The summed E-state index contributed by atoms with van der Waals surface area (Å²) in [7, 11) is -3.89. The molecule has 0 aliphatic carbocycles. The van der Waals surface area contributed by atoms with E-state index in [9.17, 15) is 21.6 Å². The first-order chi connectivity index (χ1) is 11.0. The highest BCUT2D eigenvalue weighted by Gasteiger charge is 2.29. The quantitative estimate of drug-likeness (QED) is 0.788. The number of nitrogens with one attached hydrogen (secondary N) is 1. The fourth-order valence-electron chi connectivity index (χ4n) is 1.97. The SMILES string of the molecule is Cc1nc(NCc2ccc(C(F)(F)F)cc2)c(Br)cc1S(N)(=O)=O. The zero-order valence-electron chi connectivity index (χ0n) is 12.4. The molecule has 1 aromatic carbocycles. The molecule has 0 spiro atoms. The second-order valence-electron chi connectivity index (χ2n) is 5.00. The van der Waals surface area contributed by atoms with Crippen LogP contribution < -0.4 is 10.5 Å². The number of aromatic nitrogens is 1. The van der Waals surface area contributed by atoms with Crippen LogP contribution in [0.4, 0.5) is 19.0 Å². The minimum Gasteiger partial charge on any atom is -0.365 e. The van der Waals surface area contributed by atoms with E-state index in [1.165, 1.54) is 25.1 Å². The number of pyridine rings is 1. The van der Waals surface area contributed by atoms with Gasteiger partial charge in [0.2, 0.25) is 10.0 Å². The van der Waals surface area contributed by atoms with Crippen LogP contribution in [0.25, 0.3) is 0 Å². The van der Waals surface area contributed by atoms with Crippen LogP contribution in [-0.4, -0.2) is 13.4 Å². The van der Waals surface area contributed by atoms with Crippen LogP contribution in [0.1, 0.15) is 16.8 Å². The molecule has 0 aliphatic rings. The van der Waals surface area contributed by atoms with E-state index >= 15 is 0 Å². The summed E-state index contributed by atoms with van der Waals surface area (Å²) < 4.78 is 60.7. The number of aryl methyl sites for hydroxylation is 1. The Morgan fingerprint density at radius 2 is 1.83 bits per heavy atom. The molecule has 1 aromatic heterocycles. The lowest BCUT2D eigenvalue weighted by molar-refractivity contribution is -0.137. The minimum atomic E-state index is -4.38. The van der Waals surface area contributed by atoms with Gasteiger partial charge >= 0.3 is 6.18 Å². The predicted molar refractivity (Wildman–Crippen MR) is 86.8 cm³/mol. The Hall–Kier alpha value is -1.65. The highest BCUT2D eigenvalue weighted by molar-refractivity contribution is 9.10. The van der Waals surface area contributed by atoms with Gasteiger partial charge in [-0.3, -0.25) is 0 Å². The molecule has 0 saturated heterocycles. The maximum absolute atomic E-state index is 12.5. The van der Waals surface area contributed by atoms with E-state index in [4.69, 9.17) is 5.14 Å². The molecule has 2 aromatic rings. The van der Waals surface area contributed by atoms with Crippen LogP contribution in [0.15, 0.2) is 39.7 Å². The molecule has 0 radical (unpaired) electrons. The first kappa shape index (κ1) is 18.7. The minimum absolute atomic E-state index is 0.102. The van der Waals surface area contributed by atoms with Gasteiger partial charge in [0.05, 0.1) is 15.7 Å². The monoisotopic (exact) mass is 423 g/mol. The van der Waals surface area contributed by atoms with Crippen LogP contribution in [0, 0.1) is 6.92 Å². The van der Waals surface area contributed by atoms with Gasteiger partial charge in [0.15, 0.2) is 0 Å². The van der Waals surface area contributed by atoms with Gasteiger partial charge in [0.1, 0.15) is 10.7 Å². The van der Waals surface area contributed by atoms with Crippen molar-refractivity contribution in [1.29, 1.82) is 0 Å². The fraction of sp³-hybridized carbons (Fsp3) is 0.214. The van der Waals surface area contributed by atoms with Gasteiger partial charge in [-0.25, -0.2) is 18.5 Å². The van der Waals surface area contributed by atoms with E-state index in [0.717, 1.165) is 12.1 Å². The molecule has 1 heterocycles. The number of primary sulfonamides is 1. The Balaban J connectivity index is 2.17. The number of sulfonamides is 1. The Kier molecular flexibility index (Phi) is 5.21. The summed E-state index contributed by atoms with van der Waals surface area (Å²) >= 11 is 3.19. The number of benzene rings is 1. The van der Waals surface area contributed by atoms with Crippen molar-refractivity contribution in [3.63, 3.8) is 0 Å². The first-order valence-corrected chi connectivity index (χ1v) is 8.92. The van der Waals surface area contributed by atoms with Crippen molar-refractivity contribution in [1.82, 2.24) is 4.98 Å². The lowest BCUT2D eigenvalue weighted by Crippen LogP contribution is -2.15. The number of hydrogen-bond acceptors (Lipinski definition) is 4. The molecule has 2 rings (SSSR count). The van der Waals surface area contributed by atoms with Crippen LogP contribution in [0.2, 0.25) is 0 Å². The summed E-state index contributed by atoms with van der Waals surface area (Å²) in [4.78, 5) is 4.01. The molecular weight excluding hydrogens is 411 g/mol. The molecule has 0 fully saturated rings. The van der Waals surface area contributed by atoms with Crippen molar-refractivity contribution < 1.29 is 21.6 Å². The summed E-state index contributed by atoms with van der Waals surface area (Å²) in [5, 5.41) is 8.02. The standard InChI is InChI=1S/C14H13BrF3N3O2S/c1-8-12(24(19,22)23)6-11(15)13(21-8)20-7-9-2-4-10(5-3-9)14(16,17)18/h2-6H,7H2,1H3,(H,20,21)(H2,19,22,23). The van der Waals surface area contributed by atoms with Crippen LogP contribution in [-0.2, 0) is 22.7 Å². The molecule has 0 saturated carbocycles. The molecule has 0 amide bonds. The van der Waals surface area contributed by atoms with Crippen LogP contribution in [0.5, 0.6) is 0 Å². The Bertz CT molecular complexity index is 853. The second-order valence-corrected chi connectivity index (χ2v) is 7.38. The fourth-order valence-corrected chi connectivity index (χ4v) is 3.32. The number of nitrogens with two attached hydrogens (primary N) is 1. The Labute approximate surface area is 145 Å². The number of alkyl halides is 3. The van der Waals surface area contributed by atoms with Crippen LogP contribution >= 0.6 is 15.9 Å². The summed E-state index contributed by atoms with van der Waals surface area (Å²) in [6, 6.07) is 6.03. The first-order valence-electron chi connectivity index (χ1n) is 6.58. The molecule has 0 atom stereocenters. The molecule has 24 heavy (non-hydrogen) atoms. The van der Waals surface area contributed by atoms with E-state index in [2.05, 4.69) is 26.2 Å². The van der Waals surface area contributed by atoms with E-state index in [-0.39, 0.29) is 17.1 Å². The van der Waals surface area contributed by atoms with Gasteiger partial charge in [-0.05, 0) is 46.6 Å². The van der Waals surface area contributed by atoms with Gasteiger partial charge in [-0.1, -0.05) is 12.1 Å². The predicted octanol–water partition coefficient (Wildman–Crippen LogP) is 3.43. The average molecular weight is 424 g/mol. The zero-order valence-corrected chi connectivity index (χ0v) is 14.8. The molecule has 0 bridgehead atoms. The highest BCUT2D eigenvalue weighted by Crippen LogP contribution is 2.29. The van der Waals surface area contributed by atoms with Gasteiger partial charge in [-0.2, -0.15) is 13.2 Å². The van der Waals surface area contributed by atoms with E-state index in [1.54, 1.807) is 0 Å². The lowest BCUT2D eigenvalue weighted by Gasteiger charge is -2.12. The summed E-state index contributed by atoms with van der Waals surface area (Å²) in [5.41, 5.74) is 0.111. The van der Waals surface area contributed by atoms with E-state index in [0.29, 0.717) is 15.9 Å². The van der Waals surface area contributed by atoms with Crippen molar-refractivity contribution >= 4 is 31.8 Å². The maximum Gasteiger partial charge on any atom is 0.416 e. The highest BCUT2D eigenvalue weighted by atomic mass is 79.9. The summed E-state index contributed by atoms with van der Waals surface area (Å²) in [6.07, 6.45) is -4.38. The number of anilines is 1. The molecule has 3 N–H and O–H groups in total. The topological polar surface area (TPSA) is 85.1 Å². The maximum atomic E-state index is 12.5. The smallest absolute Gasteiger partial charge is 0.365 e.